The third kappa shape index (κ3) is 51.8. The first-order valence-corrected chi connectivity index (χ1v) is 29.5. The van der Waals surface area contributed by atoms with Gasteiger partial charge in [-0.1, -0.05) is 296 Å². The van der Waals surface area contributed by atoms with Crippen LogP contribution >= 0.6 is 0 Å². The van der Waals surface area contributed by atoms with Crippen molar-refractivity contribution >= 4 is 11.9 Å². The quantitative estimate of drug-likeness (QED) is 0.0321. The van der Waals surface area contributed by atoms with E-state index in [0.29, 0.717) is 19.4 Å². The summed E-state index contributed by atoms with van der Waals surface area (Å²) < 4.78 is 5.49. The van der Waals surface area contributed by atoms with Crippen molar-refractivity contribution in [2.45, 2.75) is 341 Å². The van der Waals surface area contributed by atoms with E-state index in [1.165, 1.54) is 244 Å². The van der Waals surface area contributed by atoms with Gasteiger partial charge in [0.1, 0.15) is 0 Å². The number of allylic oxidation sites excluding steroid dienone is 1. The normalized spacial score (nSPS) is 12.6. The molecule has 0 saturated carbocycles. The van der Waals surface area contributed by atoms with Crippen LogP contribution < -0.4 is 5.32 Å². The van der Waals surface area contributed by atoms with Gasteiger partial charge < -0.3 is 20.3 Å². The molecule has 0 spiro atoms. The highest BCUT2D eigenvalue weighted by Gasteiger charge is 2.18. The standard InChI is InChI=1S/C59H115NO5/c1-3-5-7-9-11-13-15-17-19-21-22-24-26-28-33-37-41-45-49-53-59(64)65-54-50-46-42-38-34-30-29-32-36-40-44-48-52-58(63)60-56(55-61)57(62)51-47-43-39-35-31-27-25-23-20-18-16-14-12-10-8-6-4-2/h47,51,56-57,61-62H,3-46,48-50,52-55H2,1-2H3,(H,60,63)/b51-47+. The molecule has 2 atom stereocenters. The van der Waals surface area contributed by atoms with Crippen molar-refractivity contribution in [1.29, 1.82) is 0 Å². The van der Waals surface area contributed by atoms with E-state index < -0.39 is 12.1 Å². The van der Waals surface area contributed by atoms with Crippen molar-refractivity contribution in [3.05, 3.63) is 12.2 Å². The smallest absolute Gasteiger partial charge is 0.305 e. The fourth-order valence-electron chi connectivity index (χ4n) is 9.28. The van der Waals surface area contributed by atoms with Crippen LogP contribution in [0.2, 0.25) is 0 Å². The van der Waals surface area contributed by atoms with Crippen molar-refractivity contribution in [3.8, 4) is 0 Å². The Hall–Kier alpha value is -1.40. The average Bonchev–Trinajstić information content (AvgIpc) is 3.31. The van der Waals surface area contributed by atoms with Crippen molar-refractivity contribution in [2.75, 3.05) is 13.2 Å². The molecular formula is C59H115NO5. The number of rotatable bonds is 55. The molecule has 1 amide bonds. The second-order valence-corrected chi connectivity index (χ2v) is 20.3. The summed E-state index contributed by atoms with van der Waals surface area (Å²) in [7, 11) is 0. The Bertz CT molecular complexity index is 970. The van der Waals surface area contributed by atoms with Crippen molar-refractivity contribution < 1.29 is 24.5 Å². The first-order valence-electron chi connectivity index (χ1n) is 29.5. The summed E-state index contributed by atoms with van der Waals surface area (Å²) in [6, 6.07) is -0.639. The van der Waals surface area contributed by atoms with Gasteiger partial charge in [0.15, 0.2) is 0 Å². The van der Waals surface area contributed by atoms with E-state index in [0.717, 1.165) is 57.8 Å². The number of ether oxygens (including phenoxy) is 1. The molecule has 2 unspecified atom stereocenters. The van der Waals surface area contributed by atoms with E-state index in [1.807, 2.05) is 6.08 Å². The molecule has 6 nitrogen and oxygen atoms in total. The number of unbranched alkanes of at least 4 members (excludes halogenated alkanes) is 44. The molecule has 3 N–H and O–H groups in total. The Morgan fingerprint density at radius 1 is 0.415 bits per heavy atom. The minimum absolute atomic E-state index is 0.00532. The van der Waals surface area contributed by atoms with Crippen LogP contribution in [0.1, 0.15) is 328 Å². The van der Waals surface area contributed by atoms with Gasteiger partial charge in [0.25, 0.3) is 0 Å². The zero-order valence-electron chi connectivity index (χ0n) is 44.0. The lowest BCUT2D eigenvalue weighted by Crippen LogP contribution is -2.45. The molecule has 65 heavy (non-hydrogen) atoms. The van der Waals surface area contributed by atoms with Crippen LogP contribution in [0.3, 0.4) is 0 Å². The molecule has 0 aliphatic carbocycles. The molecule has 386 valence electrons. The van der Waals surface area contributed by atoms with E-state index in [2.05, 4.69) is 19.2 Å². The lowest BCUT2D eigenvalue weighted by atomic mass is 10.0. The zero-order chi connectivity index (χ0) is 47.2. The van der Waals surface area contributed by atoms with Gasteiger partial charge in [-0.3, -0.25) is 9.59 Å². The summed E-state index contributed by atoms with van der Waals surface area (Å²) in [6.07, 6.45) is 65.2. The molecule has 0 aromatic heterocycles. The number of aliphatic hydroxyl groups excluding tert-OH is 2. The summed E-state index contributed by atoms with van der Waals surface area (Å²) in [5, 5.41) is 23.1. The van der Waals surface area contributed by atoms with Gasteiger partial charge >= 0.3 is 5.97 Å². The Balaban J connectivity index is 3.45. The van der Waals surface area contributed by atoms with Crippen LogP contribution in [0.4, 0.5) is 0 Å². The highest BCUT2D eigenvalue weighted by molar-refractivity contribution is 5.76. The lowest BCUT2D eigenvalue weighted by molar-refractivity contribution is -0.143. The number of carbonyl (C=O) groups is 2. The predicted molar refractivity (Wildman–Crippen MR) is 283 cm³/mol. The fraction of sp³-hybridized carbons (Fsp3) is 0.932. The zero-order valence-corrected chi connectivity index (χ0v) is 44.0. The fourth-order valence-corrected chi connectivity index (χ4v) is 9.28. The maximum atomic E-state index is 12.5. The highest BCUT2D eigenvalue weighted by Crippen LogP contribution is 2.17. The number of carbonyl (C=O) groups excluding carboxylic acids is 2. The van der Waals surface area contributed by atoms with Gasteiger partial charge in [0.2, 0.25) is 5.91 Å². The molecule has 0 rings (SSSR count). The first-order chi connectivity index (χ1) is 32.0. The molecule has 0 aromatic rings. The topological polar surface area (TPSA) is 95.9 Å². The highest BCUT2D eigenvalue weighted by atomic mass is 16.5. The van der Waals surface area contributed by atoms with Crippen molar-refractivity contribution in [3.63, 3.8) is 0 Å². The lowest BCUT2D eigenvalue weighted by Gasteiger charge is -2.20. The van der Waals surface area contributed by atoms with E-state index >= 15 is 0 Å². The second kappa shape index (κ2) is 55.2. The molecule has 0 aliphatic heterocycles. The van der Waals surface area contributed by atoms with Crippen LogP contribution in [0, 0.1) is 0 Å². The predicted octanol–water partition coefficient (Wildman–Crippen LogP) is 18.1. The number of hydrogen-bond acceptors (Lipinski definition) is 5. The number of hydrogen-bond donors (Lipinski definition) is 3. The van der Waals surface area contributed by atoms with Crippen molar-refractivity contribution in [1.82, 2.24) is 5.32 Å². The Labute approximate surface area is 406 Å². The first kappa shape index (κ1) is 63.6. The molecule has 0 aliphatic rings. The third-order valence-electron chi connectivity index (χ3n) is 13.8. The van der Waals surface area contributed by atoms with Gasteiger partial charge in [-0.05, 0) is 32.1 Å². The summed E-state index contributed by atoms with van der Waals surface area (Å²) in [5.41, 5.74) is 0. The van der Waals surface area contributed by atoms with Gasteiger partial charge in [0.05, 0.1) is 25.4 Å². The van der Waals surface area contributed by atoms with Gasteiger partial charge in [0, 0.05) is 12.8 Å². The maximum absolute atomic E-state index is 12.5. The molecule has 0 heterocycles. The molecular weight excluding hydrogens is 803 g/mol. The Morgan fingerprint density at radius 2 is 0.708 bits per heavy atom. The SMILES string of the molecule is CCCCCCCCCCCCCCCCC/C=C/C(O)C(CO)NC(=O)CCCCCCCCCCCCCCOC(=O)CCCCCCCCCCCCCCCCCCCCC. The summed E-state index contributed by atoms with van der Waals surface area (Å²) in [4.78, 5) is 24.6. The molecule has 0 radical (unpaired) electrons. The minimum atomic E-state index is -0.854. The van der Waals surface area contributed by atoms with E-state index in [1.54, 1.807) is 6.08 Å². The summed E-state index contributed by atoms with van der Waals surface area (Å²) in [5.74, 6) is -0.0858. The average molecular weight is 919 g/mol. The summed E-state index contributed by atoms with van der Waals surface area (Å²) in [6.45, 7) is 4.90. The van der Waals surface area contributed by atoms with Crippen LogP contribution in [0.15, 0.2) is 12.2 Å². The Kier molecular flexibility index (Phi) is 54.0. The van der Waals surface area contributed by atoms with Crippen LogP contribution in [-0.2, 0) is 14.3 Å². The maximum Gasteiger partial charge on any atom is 0.305 e. The molecule has 6 heteroatoms. The van der Waals surface area contributed by atoms with Crippen LogP contribution in [-0.4, -0.2) is 47.4 Å². The second-order valence-electron chi connectivity index (χ2n) is 20.3. The molecule has 0 saturated heterocycles. The van der Waals surface area contributed by atoms with E-state index in [4.69, 9.17) is 4.74 Å². The van der Waals surface area contributed by atoms with Gasteiger partial charge in [-0.2, -0.15) is 0 Å². The number of esters is 1. The number of nitrogens with one attached hydrogen (secondary N) is 1. The molecule has 0 bridgehead atoms. The van der Waals surface area contributed by atoms with Crippen molar-refractivity contribution in [2.24, 2.45) is 0 Å². The monoisotopic (exact) mass is 918 g/mol. The largest absolute Gasteiger partial charge is 0.466 e. The number of aliphatic hydroxyl groups is 2. The van der Waals surface area contributed by atoms with Crippen LogP contribution in [0.5, 0.6) is 0 Å². The molecule has 0 fully saturated rings. The van der Waals surface area contributed by atoms with Gasteiger partial charge in [-0.15, -0.1) is 0 Å². The van der Waals surface area contributed by atoms with E-state index in [-0.39, 0.29) is 18.5 Å². The van der Waals surface area contributed by atoms with Gasteiger partial charge in [-0.25, -0.2) is 0 Å². The van der Waals surface area contributed by atoms with Crippen LogP contribution in [0.25, 0.3) is 0 Å². The number of amides is 1. The Morgan fingerprint density at radius 3 is 1.05 bits per heavy atom. The molecule has 0 aromatic carbocycles. The summed E-state index contributed by atoms with van der Waals surface area (Å²) >= 11 is 0. The third-order valence-corrected chi connectivity index (χ3v) is 13.8. The minimum Gasteiger partial charge on any atom is -0.466 e. The van der Waals surface area contributed by atoms with E-state index in [9.17, 15) is 19.8 Å².